The largest absolute Gasteiger partial charge is 0.396 e. The molecule has 1 aromatic rings. The van der Waals surface area contributed by atoms with Crippen LogP contribution in [0.25, 0.3) is 0 Å². The Morgan fingerprint density at radius 2 is 1.53 bits per heavy atom. The number of hydrogen-bond acceptors (Lipinski definition) is 3. The molecule has 1 aromatic carbocycles. The normalized spacial score (nSPS) is 10.3. The molecule has 0 fully saturated rings. The molecule has 0 aliphatic rings. The monoisotopic (exact) mass is 301 g/mol. The van der Waals surface area contributed by atoms with Crippen molar-refractivity contribution in [1.29, 1.82) is 0 Å². The third kappa shape index (κ3) is 4.09. The first kappa shape index (κ1) is 17.7. The summed E-state index contributed by atoms with van der Waals surface area (Å²) >= 11 is -0.918. The van der Waals surface area contributed by atoms with E-state index < -0.39 is 45.9 Å². The van der Waals surface area contributed by atoms with Gasteiger partial charge in [-0.1, -0.05) is 19.0 Å². The lowest BCUT2D eigenvalue weighted by Crippen LogP contribution is -2.05. The Hall–Kier alpha value is -1.31. The lowest BCUT2D eigenvalue weighted by atomic mass is 10.2. The first-order valence-electron chi connectivity index (χ1n) is 5.34. The highest BCUT2D eigenvalue weighted by molar-refractivity contribution is 7.94. The standard InChI is InChI=1S/C9H6F5NOS.C2H6/c1-2-16-15-3-4-5(10)7(12)9(17-14)8(13)6(4)11;1-2/h3H,2H2,1H3;1-2H3/b15-3+;. The van der Waals surface area contributed by atoms with Crippen LogP contribution in [-0.4, -0.2) is 12.8 Å². The highest BCUT2D eigenvalue weighted by atomic mass is 32.2. The second-order valence-corrected chi connectivity index (χ2v) is 3.29. The fourth-order valence-corrected chi connectivity index (χ4v) is 1.29. The van der Waals surface area contributed by atoms with Gasteiger partial charge in [-0.3, -0.25) is 0 Å². The molecular formula is C11H12F5NOS. The van der Waals surface area contributed by atoms with E-state index in [2.05, 4.69) is 9.99 Å². The smallest absolute Gasteiger partial charge is 0.178 e. The summed E-state index contributed by atoms with van der Waals surface area (Å²) in [5.74, 6) is -7.08. The minimum absolute atomic E-state index is 0.114. The molecule has 0 aliphatic heterocycles. The van der Waals surface area contributed by atoms with Gasteiger partial charge < -0.3 is 4.84 Å². The Morgan fingerprint density at radius 3 is 1.89 bits per heavy atom. The number of rotatable bonds is 4. The van der Waals surface area contributed by atoms with Crippen molar-refractivity contribution < 1.29 is 26.3 Å². The van der Waals surface area contributed by atoms with Gasteiger partial charge in [0, 0.05) is 0 Å². The van der Waals surface area contributed by atoms with Crippen molar-refractivity contribution >= 4 is 18.4 Å². The minimum Gasteiger partial charge on any atom is -0.396 e. The molecule has 2 nitrogen and oxygen atoms in total. The van der Waals surface area contributed by atoms with Gasteiger partial charge in [-0.15, -0.1) is 0 Å². The van der Waals surface area contributed by atoms with Crippen molar-refractivity contribution in [2.24, 2.45) is 5.16 Å². The summed E-state index contributed by atoms with van der Waals surface area (Å²) in [6.45, 7) is 5.66. The number of benzene rings is 1. The van der Waals surface area contributed by atoms with Crippen LogP contribution < -0.4 is 0 Å². The molecule has 0 radical (unpaired) electrons. The summed E-state index contributed by atoms with van der Waals surface area (Å²) in [5.41, 5.74) is -1.06. The zero-order valence-corrected chi connectivity index (χ0v) is 11.3. The molecule has 0 unspecified atom stereocenters. The molecule has 0 saturated carbocycles. The molecule has 0 atom stereocenters. The van der Waals surface area contributed by atoms with Crippen LogP contribution >= 0.6 is 12.1 Å². The molecule has 108 valence electrons. The Kier molecular flexibility index (Phi) is 8.13. The maximum Gasteiger partial charge on any atom is 0.178 e. The predicted octanol–water partition coefficient (Wildman–Crippen LogP) is 4.62. The first-order valence-corrected chi connectivity index (χ1v) is 6.06. The Labute approximate surface area is 111 Å². The second kappa shape index (κ2) is 8.73. The molecule has 0 aliphatic carbocycles. The number of nitrogens with zero attached hydrogens (tertiary/aromatic N) is 1. The van der Waals surface area contributed by atoms with Crippen molar-refractivity contribution in [3.05, 3.63) is 28.8 Å². The minimum atomic E-state index is -1.81. The molecule has 0 saturated heterocycles. The van der Waals surface area contributed by atoms with Gasteiger partial charge in [0.05, 0.1) is 23.9 Å². The van der Waals surface area contributed by atoms with Gasteiger partial charge in [0.15, 0.2) is 23.3 Å². The molecule has 0 bridgehead atoms. The lowest BCUT2D eigenvalue weighted by molar-refractivity contribution is 0.160. The molecular weight excluding hydrogens is 289 g/mol. The van der Waals surface area contributed by atoms with Crippen molar-refractivity contribution in [2.75, 3.05) is 6.61 Å². The molecule has 19 heavy (non-hydrogen) atoms. The van der Waals surface area contributed by atoms with Crippen molar-refractivity contribution in [3.8, 4) is 0 Å². The summed E-state index contributed by atoms with van der Waals surface area (Å²) < 4.78 is 64.6. The average molecular weight is 301 g/mol. The van der Waals surface area contributed by atoms with E-state index in [4.69, 9.17) is 0 Å². The fraction of sp³-hybridized carbons (Fsp3) is 0.364. The fourth-order valence-electron chi connectivity index (χ4n) is 0.974. The first-order chi connectivity index (χ1) is 9.04. The van der Waals surface area contributed by atoms with Crippen LogP contribution in [0.1, 0.15) is 26.3 Å². The van der Waals surface area contributed by atoms with E-state index >= 15 is 0 Å². The van der Waals surface area contributed by atoms with Crippen LogP contribution in [0.4, 0.5) is 21.4 Å². The summed E-state index contributed by atoms with van der Waals surface area (Å²) in [5, 5.41) is 3.08. The van der Waals surface area contributed by atoms with Crippen molar-refractivity contribution in [2.45, 2.75) is 25.7 Å². The maximum absolute atomic E-state index is 13.2. The molecule has 0 aromatic heterocycles. The zero-order chi connectivity index (χ0) is 15.0. The van der Waals surface area contributed by atoms with E-state index in [0.717, 1.165) is 0 Å². The molecule has 0 amide bonds. The van der Waals surface area contributed by atoms with Crippen LogP contribution in [-0.2, 0) is 4.84 Å². The van der Waals surface area contributed by atoms with Crippen molar-refractivity contribution in [1.82, 2.24) is 0 Å². The van der Waals surface area contributed by atoms with Gasteiger partial charge in [0.1, 0.15) is 11.5 Å². The topological polar surface area (TPSA) is 21.6 Å². The predicted molar refractivity (Wildman–Crippen MR) is 63.8 cm³/mol. The van der Waals surface area contributed by atoms with E-state index in [9.17, 15) is 21.4 Å². The quantitative estimate of drug-likeness (QED) is 0.350. The molecule has 0 heterocycles. The van der Waals surface area contributed by atoms with Gasteiger partial charge in [0.2, 0.25) is 0 Å². The number of oxime groups is 1. The average Bonchev–Trinajstić information content (AvgIpc) is 2.43. The Morgan fingerprint density at radius 1 is 1.05 bits per heavy atom. The van der Waals surface area contributed by atoms with E-state index in [1.54, 1.807) is 6.92 Å². The molecule has 0 spiro atoms. The van der Waals surface area contributed by atoms with Gasteiger partial charge in [-0.2, -0.15) is 3.89 Å². The van der Waals surface area contributed by atoms with Crippen molar-refractivity contribution in [3.63, 3.8) is 0 Å². The third-order valence-electron chi connectivity index (χ3n) is 1.72. The summed E-state index contributed by atoms with van der Waals surface area (Å²) in [4.78, 5) is 3.03. The van der Waals surface area contributed by atoms with Crippen LogP contribution in [0, 0.1) is 23.3 Å². The lowest BCUT2D eigenvalue weighted by Gasteiger charge is -2.05. The van der Waals surface area contributed by atoms with E-state index in [1.165, 1.54) is 0 Å². The van der Waals surface area contributed by atoms with Gasteiger partial charge >= 0.3 is 0 Å². The van der Waals surface area contributed by atoms with Gasteiger partial charge in [-0.25, -0.2) is 17.6 Å². The van der Waals surface area contributed by atoms with E-state index in [-0.39, 0.29) is 6.61 Å². The van der Waals surface area contributed by atoms with E-state index in [0.29, 0.717) is 6.21 Å². The summed E-state index contributed by atoms with van der Waals surface area (Å²) in [6.07, 6.45) is 0.479. The summed E-state index contributed by atoms with van der Waals surface area (Å²) in [6, 6.07) is 0. The van der Waals surface area contributed by atoms with E-state index in [1.807, 2.05) is 13.8 Å². The van der Waals surface area contributed by atoms with Crippen LogP contribution in [0.2, 0.25) is 0 Å². The Bertz CT molecular complexity index is 424. The molecule has 1 rings (SSSR count). The second-order valence-electron chi connectivity index (χ2n) is 2.73. The highest BCUT2D eigenvalue weighted by Gasteiger charge is 2.25. The molecule has 8 heteroatoms. The highest BCUT2D eigenvalue weighted by Crippen LogP contribution is 2.31. The number of hydrogen-bond donors (Lipinski definition) is 0. The number of halogens is 5. The zero-order valence-electron chi connectivity index (χ0n) is 10.4. The SMILES string of the molecule is CC.CCO/N=C/c1c(F)c(F)c(SF)c(F)c1F. The summed E-state index contributed by atoms with van der Waals surface area (Å²) in [7, 11) is 0. The van der Waals surface area contributed by atoms with Gasteiger partial charge in [-0.05, 0) is 6.92 Å². The van der Waals surface area contributed by atoms with Crippen LogP contribution in [0.3, 0.4) is 0 Å². The maximum atomic E-state index is 13.2. The third-order valence-corrected chi connectivity index (χ3v) is 2.23. The van der Waals surface area contributed by atoms with Crippen LogP contribution in [0.5, 0.6) is 0 Å². The van der Waals surface area contributed by atoms with Crippen LogP contribution in [0.15, 0.2) is 10.1 Å². The molecule has 0 N–H and O–H groups in total. The Balaban J connectivity index is 0.00000154. The van der Waals surface area contributed by atoms with Gasteiger partial charge in [0.25, 0.3) is 0 Å².